The Bertz CT molecular complexity index is 230. The average Bonchev–Trinajstić information content (AvgIpc) is 2.21. The number of methoxy groups -OCH3 is 1. The van der Waals surface area contributed by atoms with Gasteiger partial charge < -0.3 is 9.47 Å². The van der Waals surface area contributed by atoms with Crippen LogP contribution in [-0.4, -0.2) is 24.8 Å². The van der Waals surface area contributed by atoms with Gasteiger partial charge in [-0.3, -0.25) is 4.79 Å². The number of carbonyl (C=O) groups excluding carboxylic acids is 1. The molecule has 0 aromatic heterocycles. The lowest BCUT2D eigenvalue weighted by Gasteiger charge is -2.28. The zero-order valence-electron chi connectivity index (χ0n) is 12.4. The van der Waals surface area contributed by atoms with Gasteiger partial charge in [0.15, 0.2) is 0 Å². The molecule has 0 saturated carbocycles. The van der Waals surface area contributed by atoms with Crippen molar-refractivity contribution in [2.75, 3.05) is 7.11 Å². The molecule has 3 unspecified atom stereocenters. The molecule has 3 nitrogen and oxygen atoms in total. The largest absolute Gasteiger partial charge is 0.460 e. The molecule has 102 valence electrons. The number of esters is 1. The van der Waals surface area contributed by atoms with Gasteiger partial charge in [0.25, 0.3) is 0 Å². The Morgan fingerprint density at radius 2 is 1.76 bits per heavy atom. The molecule has 0 aliphatic rings. The van der Waals surface area contributed by atoms with Crippen molar-refractivity contribution in [2.45, 2.75) is 66.1 Å². The van der Waals surface area contributed by atoms with Crippen LogP contribution in [0.5, 0.6) is 0 Å². The highest BCUT2D eigenvalue weighted by atomic mass is 16.6. The summed E-state index contributed by atoms with van der Waals surface area (Å²) < 4.78 is 10.7. The van der Waals surface area contributed by atoms with Crippen LogP contribution >= 0.6 is 0 Å². The molecular formula is C14H28O3. The summed E-state index contributed by atoms with van der Waals surface area (Å²) in [6, 6.07) is 0. The fourth-order valence-corrected chi connectivity index (χ4v) is 1.77. The third-order valence-corrected chi connectivity index (χ3v) is 3.22. The van der Waals surface area contributed by atoms with Crippen LogP contribution in [0.15, 0.2) is 0 Å². The van der Waals surface area contributed by atoms with E-state index >= 15 is 0 Å². The SMILES string of the molecule is CCC(C)C(C)C(CC(=O)OC(C)(C)C)OC. The van der Waals surface area contributed by atoms with Crippen molar-refractivity contribution in [3.8, 4) is 0 Å². The van der Waals surface area contributed by atoms with Gasteiger partial charge in [0, 0.05) is 7.11 Å². The molecule has 0 aliphatic carbocycles. The van der Waals surface area contributed by atoms with E-state index in [4.69, 9.17) is 9.47 Å². The molecule has 0 rings (SSSR count). The number of rotatable bonds is 6. The van der Waals surface area contributed by atoms with E-state index < -0.39 is 5.60 Å². The van der Waals surface area contributed by atoms with Crippen molar-refractivity contribution in [1.29, 1.82) is 0 Å². The van der Waals surface area contributed by atoms with Crippen molar-refractivity contribution in [3.63, 3.8) is 0 Å². The van der Waals surface area contributed by atoms with Crippen LogP contribution in [0.2, 0.25) is 0 Å². The maximum atomic E-state index is 11.7. The molecule has 0 spiro atoms. The molecule has 0 fully saturated rings. The predicted octanol–water partition coefficient (Wildman–Crippen LogP) is 3.42. The van der Waals surface area contributed by atoms with Gasteiger partial charge in [-0.15, -0.1) is 0 Å². The van der Waals surface area contributed by atoms with Crippen LogP contribution in [-0.2, 0) is 14.3 Å². The van der Waals surface area contributed by atoms with Crippen LogP contribution < -0.4 is 0 Å². The number of carbonyl (C=O) groups is 1. The number of hydrogen-bond donors (Lipinski definition) is 0. The lowest BCUT2D eigenvalue weighted by atomic mass is 9.87. The minimum atomic E-state index is -0.422. The van der Waals surface area contributed by atoms with Gasteiger partial charge in [-0.1, -0.05) is 27.2 Å². The molecule has 0 aromatic rings. The lowest BCUT2D eigenvalue weighted by molar-refractivity contribution is -0.158. The molecule has 3 atom stereocenters. The van der Waals surface area contributed by atoms with Crippen LogP contribution in [0.3, 0.4) is 0 Å². The summed E-state index contributed by atoms with van der Waals surface area (Å²) in [7, 11) is 1.66. The molecule has 0 heterocycles. The Hall–Kier alpha value is -0.570. The van der Waals surface area contributed by atoms with E-state index in [1.54, 1.807) is 7.11 Å². The summed E-state index contributed by atoms with van der Waals surface area (Å²) in [5.41, 5.74) is -0.422. The van der Waals surface area contributed by atoms with E-state index in [9.17, 15) is 4.79 Å². The first kappa shape index (κ1) is 16.4. The molecule has 0 radical (unpaired) electrons. The third-order valence-electron chi connectivity index (χ3n) is 3.22. The van der Waals surface area contributed by atoms with Crippen molar-refractivity contribution in [2.24, 2.45) is 11.8 Å². The molecule has 0 bridgehead atoms. The smallest absolute Gasteiger partial charge is 0.308 e. The van der Waals surface area contributed by atoms with Crippen LogP contribution in [0.4, 0.5) is 0 Å². The first-order valence-electron chi connectivity index (χ1n) is 6.45. The highest BCUT2D eigenvalue weighted by Gasteiger charge is 2.26. The van der Waals surface area contributed by atoms with Gasteiger partial charge in [-0.25, -0.2) is 0 Å². The van der Waals surface area contributed by atoms with E-state index in [1.807, 2.05) is 20.8 Å². The predicted molar refractivity (Wildman–Crippen MR) is 69.9 cm³/mol. The fraction of sp³-hybridized carbons (Fsp3) is 0.929. The van der Waals surface area contributed by atoms with Crippen molar-refractivity contribution < 1.29 is 14.3 Å². The average molecular weight is 244 g/mol. The molecule has 0 N–H and O–H groups in total. The lowest BCUT2D eigenvalue weighted by Crippen LogP contribution is -2.32. The molecule has 17 heavy (non-hydrogen) atoms. The van der Waals surface area contributed by atoms with Crippen molar-refractivity contribution >= 4 is 5.97 Å². The maximum Gasteiger partial charge on any atom is 0.308 e. The second kappa shape index (κ2) is 7.00. The summed E-state index contributed by atoms with van der Waals surface area (Å²) in [5, 5.41) is 0. The zero-order chi connectivity index (χ0) is 13.6. The Kier molecular flexibility index (Phi) is 6.76. The Balaban J connectivity index is 4.35. The fourth-order valence-electron chi connectivity index (χ4n) is 1.77. The molecule has 0 amide bonds. The van der Waals surface area contributed by atoms with Gasteiger partial charge in [0.05, 0.1) is 12.5 Å². The van der Waals surface area contributed by atoms with Gasteiger partial charge in [0.1, 0.15) is 5.60 Å². The Morgan fingerprint density at radius 3 is 2.12 bits per heavy atom. The van der Waals surface area contributed by atoms with Crippen molar-refractivity contribution in [1.82, 2.24) is 0 Å². The van der Waals surface area contributed by atoms with Crippen molar-refractivity contribution in [3.05, 3.63) is 0 Å². The summed E-state index contributed by atoms with van der Waals surface area (Å²) >= 11 is 0. The van der Waals surface area contributed by atoms with Gasteiger partial charge in [-0.05, 0) is 32.6 Å². The van der Waals surface area contributed by atoms with Crippen LogP contribution in [0.1, 0.15) is 54.4 Å². The van der Waals surface area contributed by atoms with E-state index in [1.165, 1.54) is 0 Å². The van der Waals surface area contributed by atoms with E-state index in [-0.39, 0.29) is 12.1 Å². The summed E-state index contributed by atoms with van der Waals surface area (Å²) in [4.78, 5) is 11.7. The number of ether oxygens (including phenoxy) is 2. The molecule has 3 heteroatoms. The standard InChI is InChI=1S/C14H28O3/c1-8-10(2)11(3)12(16-7)9-13(15)17-14(4,5)6/h10-12H,8-9H2,1-7H3. The second-order valence-electron chi connectivity index (χ2n) is 5.81. The van der Waals surface area contributed by atoms with Crippen LogP contribution in [0.25, 0.3) is 0 Å². The summed E-state index contributed by atoms with van der Waals surface area (Å²) in [6.07, 6.45) is 1.37. The second-order valence-corrected chi connectivity index (χ2v) is 5.81. The van der Waals surface area contributed by atoms with Gasteiger partial charge in [0.2, 0.25) is 0 Å². The Morgan fingerprint density at radius 1 is 1.24 bits per heavy atom. The third kappa shape index (κ3) is 6.67. The first-order chi connectivity index (χ1) is 7.71. The van der Waals surface area contributed by atoms with E-state index in [2.05, 4.69) is 20.8 Å². The molecule has 0 saturated heterocycles. The van der Waals surface area contributed by atoms with Crippen LogP contribution in [0, 0.1) is 11.8 Å². The molecule has 0 aliphatic heterocycles. The number of hydrogen-bond acceptors (Lipinski definition) is 3. The monoisotopic (exact) mass is 244 g/mol. The summed E-state index contributed by atoms with van der Waals surface area (Å²) in [5.74, 6) is 0.722. The molecule has 0 aromatic carbocycles. The topological polar surface area (TPSA) is 35.5 Å². The first-order valence-corrected chi connectivity index (χ1v) is 6.45. The maximum absolute atomic E-state index is 11.7. The minimum absolute atomic E-state index is 0.0557. The van der Waals surface area contributed by atoms with E-state index in [0.29, 0.717) is 18.3 Å². The highest BCUT2D eigenvalue weighted by molar-refractivity contribution is 5.70. The Labute approximate surface area is 106 Å². The van der Waals surface area contributed by atoms with E-state index in [0.717, 1.165) is 6.42 Å². The van der Waals surface area contributed by atoms with Gasteiger partial charge >= 0.3 is 5.97 Å². The highest BCUT2D eigenvalue weighted by Crippen LogP contribution is 2.23. The molecular weight excluding hydrogens is 216 g/mol. The minimum Gasteiger partial charge on any atom is -0.460 e. The zero-order valence-corrected chi connectivity index (χ0v) is 12.4. The quantitative estimate of drug-likeness (QED) is 0.672. The van der Waals surface area contributed by atoms with Gasteiger partial charge in [-0.2, -0.15) is 0 Å². The summed E-state index contributed by atoms with van der Waals surface area (Å²) in [6.45, 7) is 12.1. The normalized spacial score (nSPS) is 17.4.